The van der Waals surface area contributed by atoms with Crippen molar-refractivity contribution < 1.29 is 29.0 Å². The maximum absolute atomic E-state index is 13.5. The number of nitrogens with zero attached hydrogens (tertiary/aromatic N) is 1. The number of amides is 4. The average molecular weight is 493 g/mol. The molecule has 2 unspecified atom stereocenters. The van der Waals surface area contributed by atoms with E-state index in [1.165, 1.54) is 18.0 Å². The molecule has 10 heteroatoms. The predicted octanol–water partition coefficient (Wildman–Crippen LogP) is 2.67. The molecule has 0 heterocycles. The smallest absolute Gasteiger partial charge is 0.408 e. The van der Waals surface area contributed by atoms with Gasteiger partial charge < -0.3 is 31.1 Å². The Bertz CT molecular complexity index is 896. The number of alkyl carbamates (subject to hydrolysis) is 1. The van der Waals surface area contributed by atoms with Crippen LogP contribution in [-0.2, 0) is 19.1 Å². The van der Waals surface area contributed by atoms with Crippen LogP contribution in [0.1, 0.15) is 77.0 Å². The summed E-state index contributed by atoms with van der Waals surface area (Å²) >= 11 is 0. The van der Waals surface area contributed by atoms with Gasteiger partial charge in [-0.05, 0) is 63.8 Å². The van der Waals surface area contributed by atoms with Gasteiger partial charge in [0, 0.05) is 20.0 Å². The van der Waals surface area contributed by atoms with Crippen molar-refractivity contribution in [3.63, 3.8) is 0 Å². The fourth-order valence-electron chi connectivity index (χ4n) is 3.45. The van der Waals surface area contributed by atoms with Crippen LogP contribution in [0.5, 0.6) is 5.75 Å². The van der Waals surface area contributed by atoms with Crippen molar-refractivity contribution in [2.75, 3.05) is 13.6 Å². The number of rotatable bonds is 12. The third-order valence-corrected chi connectivity index (χ3v) is 5.27. The molecule has 0 spiro atoms. The number of unbranched alkanes of at least 4 members (excludes halogenated alkanes) is 2. The molecule has 5 N–H and O–H groups in total. The number of aromatic hydroxyl groups is 1. The Balaban J connectivity index is 3.24. The first-order chi connectivity index (χ1) is 16.3. The molecule has 0 aliphatic rings. The van der Waals surface area contributed by atoms with Crippen LogP contribution in [0.15, 0.2) is 18.2 Å². The lowest BCUT2D eigenvalue weighted by Crippen LogP contribution is -2.52. The molecule has 10 nitrogen and oxygen atoms in total. The quantitative estimate of drug-likeness (QED) is 0.329. The Hall–Kier alpha value is -3.30. The predicted molar refractivity (Wildman–Crippen MR) is 132 cm³/mol. The number of ether oxygens (including phenoxy) is 1. The van der Waals surface area contributed by atoms with Gasteiger partial charge in [0.25, 0.3) is 0 Å². The van der Waals surface area contributed by atoms with Gasteiger partial charge in [-0.25, -0.2) is 4.79 Å². The van der Waals surface area contributed by atoms with Gasteiger partial charge in [-0.2, -0.15) is 0 Å². The molecule has 35 heavy (non-hydrogen) atoms. The van der Waals surface area contributed by atoms with E-state index in [4.69, 9.17) is 10.5 Å². The summed E-state index contributed by atoms with van der Waals surface area (Å²) in [4.78, 5) is 51.7. The summed E-state index contributed by atoms with van der Waals surface area (Å²) in [6.07, 6.45) is 1.71. The maximum atomic E-state index is 13.5. The number of hydrogen-bond acceptors (Lipinski definition) is 6. The Morgan fingerprint density at radius 3 is 2.37 bits per heavy atom. The van der Waals surface area contributed by atoms with E-state index < -0.39 is 41.5 Å². The van der Waals surface area contributed by atoms with Crippen LogP contribution in [0, 0.1) is 6.92 Å². The monoisotopic (exact) mass is 492 g/mol. The topological polar surface area (TPSA) is 151 Å². The summed E-state index contributed by atoms with van der Waals surface area (Å²) in [6.45, 7) is 9.25. The van der Waals surface area contributed by atoms with Crippen LogP contribution in [0.2, 0.25) is 0 Å². The summed E-state index contributed by atoms with van der Waals surface area (Å²) in [5.74, 6) is -1.55. The third-order valence-electron chi connectivity index (χ3n) is 5.27. The van der Waals surface area contributed by atoms with E-state index in [-0.39, 0.29) is 18.6 Å². The molecule has 1 aromatic carbocycles. The second kappa shape index (κ2) is 13.6. The van der Waals surface area contributed by atoms with Gasteiger partial charge in [0.1, 0.15) is 23.4 Å². The van der Waals surface area contributed by atoms with Gasteiger partial charge in [-0.1, -0.05) is 25.8 Å². The molecule has 0 radical (unpaired) electrons. The van der Waals surface area contributed by atoms with Gasteiger partial charge in [0.15, 0.2) is 0 Å². The molecule has 2 atom stereocenters. The Morgan fingerprint density at radius 2 is 1.83 bits per heavy atom. The molecule has 196 valence electrons. The maximum Gasteiger partial charge on any atom is 0.408 e. The molecule has 4 amide bonds. The highest BCUT2D eigenvalue weighted by Crippen LogP contribution is 2.26. The van der Waals surface area contributed by atoms with Gasteiger partial charge in [0.05, 0.1) is 0 Å². The summed E-state index contributed by atoms with van der Waals surface area (Å²) in [5.41, 5.74) is 5.51. The van der Waals surface area contributed by atoms with E-state index in [1.54, 1.807) is 39.8 Å². The lowest BCUT2D eigenvalue weighted by Gasteiger charge is -2.31. The molecule has 1 aromatic rings. The summed E-state index contributed by atoms with van der Waals surface area (Å²) in [5, 5.41) is 15.3. The number of nitrogens with one attached hydrogen (secondary N) is 2. The number of hydrogen-bond donors (Lipinski definition) is 4. The third kappa shape index (κ3) is 10.2. The highest BCUT2D eigenvalue weighted by Gasteiger charge is 2.34. The second-order valence-electron chi connectivity index (χ2n) is 9.60. The molecule has 0 saturated carbocycles. The van der Waals surface area contributed by atoms with E-state index in [0.717, 1.165) is 19.3 Å². The number of benzene rings is 1. The average Bonchev–Trinajstić information content (AvgIpc) is 2.74. The van der Waals surface area contributed by atoms with Crippen LogP contribution in [0.3, 0.4) is 0 Å². The highest BCUT2D eigenvalue weighted by molar-refractivity contribution is 5.92. The first-order valence-corrected chi connectivity index (χ1v) is 11.9. The molecule has 0 saturated heterocycles. The number of nitrogens with two attached hydrogens (primary N) is 1. The molecule has 1 rings (SSSR count). The van der Waals surface area contributed by atoms with Crippen LogP contribution >= 0.6 is 0 Å². The van der Waals surface area contributed by atoms with Crippen molar-refractivity contribution in [1.29, 1.82) is 0 Å². The molecule has 0 fully saturated rings. The van der Waals surface area contributed by atoms with E-state index >= 15 is 0 Å². The van der Waals surface area contributed by atoms with Crippen LogP contribution < -0.4 is 16.4 Å². The summed E-state index contributed by atoms with van der Waals surface area (Å²) in [7, 11) is 1.45. The number of carbonyl (C=O) groups is 4. The number of phenols is 1. The Morgan fingerprint density at radius 1 is 1.17 bits per heavy atom. The minimum absolute atomic E-state index is 0.0583. The van der Waals surface area contributed by atoms with Gasteiger partial charge >= 0.3 is 6.09 Å². The Kier molecular flexibility index (Phi) is 11.5. The van der Waals surface area contributed by atoms with Crippen LogP contribution in [0.4, 0.5) is 4.79 Å². The Labute approximate surface area is 207 Å². The number of likely N-dealkylation sites (N-methyl/N-ethyl adjacent to an activating group) is 1. The number of carbonyl (C=O) groups excluding carboxylic acids is 4. The fraction of sp³-hybridized carbons (Fsp3) is 0.600. The van der Waals surface area contributed by atoms with Crippen molar-refractivity contribution in [3.05, 3.63) is 29.3 Å². The van der Waals surface area contributed by atoms with Gasteiger partial charge in [-0.3, -0.25) is 14.4 Å². The first-order valence-electron chi connectivity index (χ1n) is 11.9. The second-order valence-corrected chi connectivity index (χ2v) is 9.60. The molecule has 0 aliphatic heterocycles. The minimum Gasteiger partial charge on any atom is -0.508 e. The summed E-state index contributed by atoms with van der Waals surface area (Å²) < 4.78 is 5.26. The van der Waals surface area contributed by atoms with Gasteiger partial charge in [-0.15, -0.1) is 0 Å². The molecule has 0 aromatic heterocycles. The SMILES string of the molecule is CCCCCNC(=O)C(c1ccc(O)c(C)c1)N(C)C(=O)C(CCC(N)=O)NC(=O)OC(C)(C)C. The largest absolute Gasteiger partial charge is 0.508 e. The zero-order chi connectivity index (χ0) is 26.8. The van der Waals surface area contributed by atoms with E-state index in [0.29, 0.717) is 17.7 Å². The fourth-order valence-corrected chi connectivity index (χ4v) is 3.45. The lowest BCUT2D eigenvalue weighted by atomic mass is 10.00. The number of phenolic OH excluding ortho intramolecular Hbond substituents is 1. The summed E-state index contributed by atoms with van der Waals surface area (Å²) in [6, 6.07) is 2.50. The van der Waals surface area contributed by atoms with Gasteiger partial charge in [0.2, 0.25) is 17.7 Å². The van der Waals surface area contributed by atoms with Crippen LogP contribution in [0.25, 0.3) is 0 Å². The van der Waals surface area contributed by atoms with Crippen molar-refractivity contribution in [2.24, 2.45) is 5.73 Å². The lowest BCUT2D eigenvalue weighted by molar-refractivity contribution is -0.141. The number of aryl methyl sites for hydroxylation is 1. The molecular formula is C25H40N4O6. The molecule has 0 aliphatic carbocycles. The normalized spacial score (nSPS) is 12.9. The van der Waals surface area contributed by atoms with Crippen molar-refractivity contribution in [2.45, 2.75) is 84.4 Å². The zero-order valence-electron chi connectivity index (χ0n) is 21.6. The van der Waals surface area contributed by atoms with Crippen molar-refractivity contribution >= 4 is 23.8 Å². The minimum atomic E-state index is -1.14. The standard InChI is InChI=1S/C25H40N4O6/c1-7-8-9-14-27-22(32)21(17-10-12-19(30)16(2)15-17)29(6)23(33)18(11-13-20(26)31)28-24(34)35-25(3,4)5/h10,12,15,18,21,30H,7-9,11,13-14H2,1-6H3,(H2,26,31)(H,27,32)(H,28,34). The van der Waals surface area contributed by atoms with Crippen LogP contribution in [-0.4, -0.2) is 59.1 Å². The number of primary amides is 1. The van der Waals surface area contributed by atoms with E-state index in [9.17, 15) is 24.3 Å². The highest BCUT2D eigenvalue weighted by atomic mass is 16.6. The van der Waals surface area contributed by atoms with E-state index in [2.05, 4.69) is 17.6 Å². The molecule has 0 bridgehead atoms. The first kappa shape index (κ1) is 29.7. The van der Waals surface area contributed by atoms with E-state index in [1.807, 2.05) is 0 Å². The molecular weight excluding hydrogens is 452 g/mol. The van der Waals surface area contributed by atoms with Crippen molar-refractivity contribution in [3.8, 4) is 5.75 Å². The van der Waals surface area contributed by atoms with Crippen molar-refractivity contribution in [1.82, 2.24) is 15.5 Å². The zero-order valence-corrected chi connectivity index (χ0v) is 21.6.